The Hall–Kier alpha value is -3.02. The SMILES string of the molecule is CCCOc1ccc(C(=CC=CC(N)=O)c2ccc(C(F)(F)F)cc2)cc1. The first-order chi connectivity index (χ1) is 12.8. The Balaban J connectivity index is 2.38. The van der Waals surface area contributed by atoms with E-state index < -0.39 is 17.6 Å². The number of benzene rings is 2. The second kappa shape index (κ2) is 9.07. The van der Waals surface area contributed by atoms with Crippen molar-refractivity contribution in [3.8, 4) is 5.75 Å². The fraction of sp³-hybridized carbons (Fsp3) is 0.190. The molecule has 2 N–H and O–H groups in total. The third kappa shape index (κ3) is 6.02. The van der Waals surface area contributed by atoms with Crippen LogP contribution >= 0.6 is 0 Å². The predicted octanol–water partition coefficient (Wildman–Crippen LogP) is 4.97. The van der Waals surface area contributed by atoms with Gasteiger partial charge in [0.2, 0.25) is 5.91 Å². The van der Waals surface area contributed by atoms with Crippen molar-refractivity contribution in [3.63, 3.8) is 0 Å². The Morgan fingerprint density at radius 2 is 1.59 bits per heavy atom. The molecule has 0 saturated carbocycles. The van der Waals surface area contributed by atoms with Gasteiger partial charge in [0.1, 0.15) is 5.75 Å². The third-order valence-corrected chi connectivity index (χ3v) is 3.68. The average Bonchev–Trinajstić information content (AvgIpc) is 2.63. The molecule has 0 bridgehead atoms. The summed E-state index contributed by atoms with van der Waals surface area (Å²) in [5.41, 5.74) is 6.38. The number of rotatable bonds is 7. The van der Waals surface area contributed by atoms with Gasteiger partial charge in [-0.1, -0.05) is 43.3 Å². The topological polar surface area (TPSA) is 52.3 Å². The molecule has 0 aliphatic heterocycles. The van der Waals surface area contributed by atoms with Crippen LogP contribution in [0.1, 0.15) is 30.0 Å². The minimum absolute atomic E-state index is 0.583. The van der Waals surface area contributed by atoms with Crippen LogP contribution in [0.2, 0.25) is 0 Å². The highest BCUT2D eigenvalue weighted by molar-refractivity contribution is 5.87. The molecule has 0 aliphatic carbocycles. The first-order valence-corrected chi connectivity index (χ1v) is 8.40. The number of alkyl halides is 3. The number of hydrogen-bond donors (Lipinski definition) is 1. The zero-order valence-corrected chi connectivity index (χ0v) is 14.8. The van der Waals surface area contributed by atoms with E-state index in [0.717, 1.165) is 24.1 Å². The molecule has 142 valence electrons. The molecule has 0 fully saturated rings. The molecule has 2 aromatic rings. The van der Waals surface area contributed by atoms with Gasteiger partial charge in [-0.2, -0.15) is 13.2 Å². The van der Waals surface area contributed by atoms with Gasteiger partial charge >= 0.3 is 6.18 Å². The van der Waals surface area contributed by atoms with Gasteiger partial charge < -0.3 is 10.5 Å². The summed E-state index contributed by atoms with van der Waals surface area (Å²) >= 11 is 0. The lowest BCUT2D eigenvalue weighted by atomic mass is 9.96. The lowest BCUT2D eigenvalue weighted by Gasteiger charge is -2.12. The van der Waals surface area contributed by atoms with E-state index >= 15 is 0 Å². The van der Waals surface area contributed by atoms with Crippen molar-refractivity contribution in [2.45, 2.75) is 19.5 Å². The summed E-state index contributed by atoms with van der Waals surface area (Å²) in [6.07, 6.45) is 0.776. The first kappa shape index (κ1) is 20.3. The van der Waals surface area contributed by atoms with Crippen LogP contribution in [0.5, 0.6) is 5.75 Å². The maximum Gasteiger partial charge on any atom is 0.416 e. The van der Waals surface area contributed by atoms with Crippen molar-refractivity contribution in [1.29, 1.82) is 0 Å². The van der Waals surface area contributed by atoms with Crippen LogP contribution in [0.25, 0.3) is 5.57 Å². The first-order valence-electron chi connectivity index (χ1n) is 8.40. The quantitative estimate of drug-likeness (QED) is 0.549. The normalized spacial score (nSPS) is 12.4. The molecular weight excluding hydrogens is 355 g/mol. The number of halogens is 3. The number of amides is 1. The van der Waals surface area contributed by atoms with Gasteiger partial charge in [0.15, 0.2) is 0 Å². The van der Waals surface area contributed by atoms with Crippen molar-refractivity contribution in [1.82, 2.24) is 0 Å². The van der Waals surface area contributed by atoms with E-state index in [1.807, 2.05) is 19.1 Å². The summed E-state index contributed by atoms with van der Waals surface area (Å²) in [5, 5.41) is 0. The standard InChI is InChI=1S/C21H20F3NO2/c1-2-14-27-18-12-8-16(9-13-18)19(4-3-5-20(25)26)15-6-10-17(11-7-15)21(22,23)24/h3-13H,2,14H2,1H3,(H2,25,26). The zero-order chi connectivity index (χ0) is 19.9. The molecule has 3 nitrogen and oxygen atoms in total. The Bertz CT molecular complexity index is 820. The van der Waals surface area contributed by atoms with Gasteiger partial charge in [0.25, 0.3) is 0 Å². The minimum atomic E-state index is -4.40. The maximum absolute atomic E-state index is 12.8. The molecule has 0 heterocycles. The summed E-state index contributed by atoms with van der Waals surface area (Å²) in [6.45, 7) is 2.60. The maximum atomic E-state index is 12.8. The van der Waals surface area contributed by atoms with Crippen molar-refractivity contribution in [2.75, 3.05) is 6.61 Å². The van der Waals surface area contributed by atoms with Gasteiger partial charge in [0.05, 0.1) is 12.2 Å². The number of allylic oxidation sites excluding steroid dienone is 2. The van der Waals surface area contributed by atoms with Crippen LogP contribution < -0.4 is 10.5 Å². The molecule has 0 aromatic heterocycles. The summed E-state index contributed by atoms with van der Waals surface area (Å²) in [6, 6.07) is 12.1. The van der Waals surface area contributed by atoms with Gasteiger partial charge in [-0.25, -0.2) is 0 Å². The second-order valence-corrected chi connectivity index (χ2v) is 5.79. The van der Waals surface area contributed by atoms with Crippen LogP contribution in [-0.2, 0) is 11.0 Å². The van der Waals surface area contributed by atoms with E-state index in [-0.39, 0.29) is 0 Å². The second-order valence-electron chi connectivity index (χ2n) is 5.79. The van der Waals surface area contributed by atoms with E-state index in [0.29, 0.717) is 23.5 Å². The largest absolute Gasteiger partial charge is 0.494 e. The lowest BCUT2D eigenvalue weighted by molar-refractivity contribution is -0.137. The van der Waals surface area contributed by atoms with Crippen LogP contribution in [0.15, 0.2) is 66.8 Å². The lowest BCUT2D eigenvalue weighted by Crippen LogP contribution is -2.05. The van der Waals surface area contributed by atoms with Crippen LogP contribution in [0.3, 0.4) is 0 Å². The van der Waals surface area contributed by atoms with Crippen LogP contribution in [-0.4, -0.2) is 12.5 Å². The van der Waals surface area contributed by atoms with Gasteiger partial charge in [-0.15, -0.1) is 0 Å². The van der Waals surface area contributed by atoms with Crippen molar-refractivity contribution >= 4 is 11.5 Å². The van der Waals surface area contributed by atoms with Crippen molar-refractivity contribution < 1.29 is 22.7 Å². The Kier molecular flexibility index (Phi) is 6.82. The highest BCUT2D eigenvalue weighted by atomic mass is 19.4. The third-order valence-electron chi connectivity index (χ3n) is 3.68. The molecule has 0 saturated heterocycles. The summed E-state index contributed by atoms with van der Waals surface area (Å²) < 4.78 is 43.9. The molecule has 0 radical (unpaired) electrons. The van der Waals surface area contributed by atoms with Crippen molar-refractivity contribution in [3.05, 3.63) is 83.4 Å². The molecule has 0 unspecified atom stereocenters. The fourth-order valence-electron chi connectivity index (χ4n) is 2.39. The predicted molar refractivity (Wildman–Crippen MR) is 99.1 cm³/mol. The van der Waals surface area contributed by atoms with Gasteiger partial charge in [-0.05, 0) is 47.4 Å². The van der Waals surface area contributed by atoms with E-state index in [1.165, 1.54) is 24.3 Å². The number of nitrogens with two attached hydrogens (primary N) is 1. The minimum Gasteiger partial charge on any atom is -0.494 e. The molecule has 0 aliphatic rings. The monoisotopic (exact) mass is 375 g/mol. The summed E-state index contributed by atoms with van der Waals surface area (Å²) in [4.78, 5) is 10.9. The zero-order valence-electron chi connectivity index (χ0n) is 14.8. The molecular formula is C21H20F3NO2. The number of carbonyl (C=O) groups excluding carboxylic acids is 1. The molecule has 2 aromatic carbocycles. The number of primary amides is 1. The van der Waals surface area contributed by atoms with Gasteiger partial charge in [0, 0.05) is 6.08 Å². The van der Waals surface area contributed by atoms with E-state index in [2.05, 4.69) is 0 Å². The Morgan fingerprint density at radius 3 is 2.07 bits per heavy atom. The summed E-state index contributed by atoms with van der Waals surface area (Å²) in [7, 11) is 0. The molecule has 0 atom stereocenters. The molecule has 1 amide bonds. The van der Waals surface area contributed by atoms with E-state index in [1.54, 1.807) is 18.2 Å². The van der Waals surface area contributed by atoms with E-state index in [9.17, 15) is 18.0 Å². The summed E-state index contributed by atoms with van der Waals surface area (Å²) in [5.74, 6) is 0.0985. The molecule has 27 heavy (non-hydrogen) atoms. The number of hydrogen-bond acceptors (Lipinski definition) is 2. The highest BCUT2D eigenvalue weighted by Gasteiger charge is 2.30. The smallest absolute Gasteiger partial charge is 0.416 e. The highest BCUT2D eigenvalue weighted by Crippen LogP contribution is 2.31. The van der Waals surface area contributed by atoms with Gasteiger partial charge in [-0.3, -0.25) is 4.79 Å². The Morgan fingerprint density at radius 1 is 1.04 bits per heavy atom. The van der Waals surface area contributed by atoms with Crippen LogP contribution in [0, 0.1) is 0 Å². The fourth-order valence-corrected chi connectivity index (χ4v) is 2.39. The Labute approximate surface area is 156 Å². The molecule has 2 rings (SSSR count). The molecule has 0 spiro atoms. The number of ether oxygens (including phenoxy) is 1. The van der Waals surface area contributed by atoms with Crippen molar-refractivity contribution in [2.24, 2.45) is 5.73 Å². The van der Waals surface area contributed by atoms with Crippen LogP contribution in [0.4, 0.5) is 13.2 Å². The van der Waals surface area contributed by atoms with E-state index in [4.69, 9.17) is 10.5 Å². The number of carbonyl (C=O) groups is 1. The molecule has 6 heteroatoms. The average molecular weight is 375 g/mol.